The van der Waals surface area contributed by atoms with Gasteiger partial charge in [-0.05, 0) is 19.1 Å². The molecule has 0 aliphatic heterocycles. The lowest BCUT2D eigenvalue weighted by Crippen LogP contribution is -2.36. The van der Waals surface area contributed by atoms with Gasteiger partial charge in [0.2, 0.25) is 0 Å². The Kier molecular flexibility index (Phi) is 3.27. The third kappa shape index (κ3) is 2.55. The SMILES string of the molecule is CCN(C)C(=O)NCc1nc2ccccc2[nH]1. The van der Waals surface area contributed by atoms with Crippen LogP contribution in [0.15, 0.2) is 24.3 Å². The Morgan fingerprint density at radius 3 is 2.94 bits per heavy atom. The molecule has 5 heteroatoms. The van der Waals surface area contributed by atoms with Crippen LogP contribution in [0.25, 0.3) is 11.0 Å². The number of H-pyrrole nitrogens is 1. The summed E-state index contributed by atoms with van der Waals surface area (Å²) in [5, 5.41) is 2.80. The Balaban J connectivity index is 2.02. The predicted molar refractivity (Wildman–Crippen MR) is 66.6 cm³/mol. The molecule has 0 aliphatic carbocycles. The number of hydrogen-bond acceptors (Lipinski definition) is 2. The molecule has 0 unspecified atom stereocenters. The highest BCUT2D eigenvalue weighted by atomic mass is 16.2. The van der Waals surface area contributed by atoms with E-state index in [0.717, 1.165) is 16.9 Å². The van der Waals surface area contributed by atoms with E-state index in [0.29, 0.717) is 13.1 Å². The van der Waals surface area contributed by atoms with Crippen molar-refractivity contribution in [2.24, 2.45) is 0 Å². The van der Waals surface area contributed by atoms with E-state index in [-0.39, 0.29) is 6.03 Å². The van der Waals surface area contributed by atoms with Crippen molar-refractivity contribution >= 4 is 17.1 Å². The van der Waals surface area contributed by atoms with E-state index in [4.69, 9.17) is 0 Å². The van der Waals surface area contributed by atoms with Gasteiger partial charge in [-0.3, -0.25) is 0 Å². The molecule has 0 saturated carbocycles. The number of benzene rings is 1. The molecule has 0 bridgehead atoms. The summed E-state index contributed by atoms with van der Waals surface area (Å²) in [7, 11) is 1.76. The summed E-state index contributed by atoms with van der Waals surface area (Å²) in [4.78, 5) is 20.7. The van der Waals surface area contributed by atoms with Gasteiger partial charge in [-0.2, -0.15) is 0 Å². The van der Waals surface area contributed by atoms with Crippen LogP contribution >= 0.6 is 0 Å². The standard InChI is InChI=1S/C12H16N4O/c1-3-16(2)12(17)13-8-11-14-9-6-4-5-7-10(9)15-11/h4-7H,3,8H2,1-2H3,(H,13,17)(H,14,15). The van der Waals surface area contributed by atoms with Gasteiger partial charge < -0.3 is 15.2 Å². The van der Waals surface area contributed by atoms with E-state index < -0.39 is 0 Å². The molecular weight excluding hydrogens is 216 g/mol. The number of rotatable bonds is 3. The quantitative estimate of drug-likeness (QED) is 0.846. The summed E-state index contributed by atoms with van der Waals surface area (Å²) in [6, 6.07) is 7.71. The first kappa shape index (κ1) is 11.4. The van der Waals surface area contributed by atoms with Gasteiger partial charge in [0.15, 0.2) is 0 Å². The van der Waals surface area contributed by atoms with Gasteiger partial charge in [0.1, 0.15) is 5.82 Å². The summed E-state index contributed by atoms with van der Waals surface area (Å²) in [6.07, 6.45) is 0. The maximum absolute atomic E-state index is 11.5. The van der Waals surface area contributed by atoms with Crippen LogP contribution in [0.5, 0.6) is 0 Å². The van der Waals surface area contributed by atoms with Crippen molar-refractivity contribution in [3.05, 3.63) is 30.1 Å². The second-order valence-corrected chi connectivity index (χ2v) is 3.87. The monoisotopic (exact) mass is 232 g/mol. The first-order chi connectivity index (χ1) is 8.20. The molecule has 0 radical (unpaired) electrons. The Bertz CT molecular complexity index is 487. The van der Waals surface area contributed by atoms with Crippen molar-refractivity contribution in [1.29, 1.82) is 0 Å². The zero-order valence-corrected chi connectivity index (χ0v) is 10.0. The van der Waals surface area contributed by atoms with Gasteiger partial charge in [0.05, 0.1) is 17.6 Å². The van der Waals surface area contributed by atoms with Crippen LogP contribution in [0.4, 0.5) is 4.79 Å². The Hall–Kier alpha value is -2.04. The molecule has 1 aromatic carbocycles. The normalized spacial score (nSPS) is 10.5. The number of amides is 2. The Labute approximate surface area is 99.8 Å². The van der Waals surface area contributed by atoms with Gasteiger partial charge >= 0.3 is 6.03 Å². The topological polar surface area (TPSA) is 61.0 Å². The molecule has 1 aromatic heterocycles. The maximum Gasteiger partial charge on any atom is 0.317 e. The fraction of sp³-hybridized carbons (Fsp3) is 0.333. The number of aromatic amines is 1. The number of hydrogen-bond donors (Lipinski definition) is 2. The Morgan fingerprint density at radius 1 is 1.47 bits per heavy atom. The average molecular weight is 232 g/mol. The third-order valence-electron chi connectivity index (χ3n) is 2.67. The summed E-state index contributed by atoms with van der Waals surface area (Å²) in [5.74, 6) is 0.768. The Morgan fingerprint density at radius 2 is 2.24 bits per heavy atom. The van der Waals surface area contributed by atoms with Crippen molar-refractivity contribution < 1.29 is 4.79 Å². The molecule has 1 heterocycles. The fourth-order valence-electron chi connectivity index (χ4n) is 1.53. The van der Waals surface area contributed by atoms with Crippen LogP contribution < -0.4 is 5.32 Å². The third-order valence-corrected chi connectivity index (χ3v) is 2.67. The minimum atomic E-state index is -0.0899. The average Bonchev–Trinajstić information content (AvgIpc) is 2.77. The zero-order valence-electron chi connectivity index (χ0n) is 10.0. The van der Waals surface area contributed by atoms with Crippen LogP contribution in [0, 0.1) is 0 Å². The van der Waals surface area contributed by atoms with Gasteiger partial charge in [-0.25, -0.2) is 9.78 Å². The molecule has 2 rings (SSSR count). The lowest BCUT2D eigenvalue weighted by atomic mass is 10.3. The number of carbonyl (C=O) groups excluding carboxylic acids is 1. The number of nitrogens with zero attached hydrogens (tertiary/aromatic N) is 2. The molecule has 5 nitrogen and oxygen atoms in total. The molecule has 0 saturated heterocycles. The van der Waals surface area contributed by atoms with Crippen LogP contribution in [-0.4, -0.2) is 34.5 Å². The van der Waals surface area contributed by atoms with Gasteiger partial charge in [-0.15, -0.1) is 0 Å². The predicted octanol–water partition coefficient (Wildman–Crippen LogP) is 1.72. The molecule has 0 aliphatic rings. The number of imidazole rings is 1. The van der Waals surface area contributed by atoms with Crippen LogP contribution in [0.1, 0.15) is 12.7 Å². The van der Waals surface area contributed by atoms with Gasteiger partial charge in [0.25, 0.3) is 0 Å². The molecule has 0 atom stereocenters. The zero-order chi connectivity index (χ0) is 12.3. The van der Waals surface area contributed by atoms with Crippen molar-refractivity contribution in [2.75, 3.05) is 13.6 Å². The van der Waals surface area contributed by atoms with E-state index in [1.54, 1.807) is 11.9 Å². The van der Waals surface area contributed by atoms with Gasteiger partial charge in [0, 0.05) is 13.6 Å². The second kappa shape index (κ2) is 4.86. The van der Waals surface area contributed by atoms with Crippen LogP contribution in [0.3, 0.4) is 0 Å². The molecule has 2 aromatic rings. The highest BCUT2D eigenvalue weighted by Crippen LogP contribution is 2.09. The van der Waals surface area contributed by atoms with Crippen LogP contribution in [-0.2, 0) is 6.54 Å². The minimum absolute atomic E-state index is 0.0899. The molecule has 0 fully saturated rings. The number of fused-ring (bicyclic) bond motifs is 1. The van der Waals surface area contributed by atoms with E-state index in [1.807, 2.05) is 31.2 Å². The molecule has 17 heavy (non-hydrogen) atoms. The number of carbonyl (C=O) groups is 1. The minimum Gasteiger partial charge on any atom is -0.340 e. The van der Waals surface area contributed by atoms with Crippen molar-refractivity contribution in [3.8, 4) is 0 Å². The lowest BCUT2D eigenvalue weighted by Gasteiger charge is -2.14. The first-order valence-corrected chi connectivity index (χ1v) is 5.63. The maximum atomic E-state index is 11.5. The molecular formula is C12H16N4O. The highest BCUT2D eigenvalue weighted by Gasteiger charge is 2.07. The van der Waals surface area contributed by atoms with Gasteiger partial charge in [-0.1, -0.05) is 12.1 Å². The fourth-order valence-corrected chi connectivity index (χ4v) is 1.53. The summed E-state index contributed by atoms with van der Waals surface area (Å²) >= 11 is 0. The summed E-state index contributed by atoms with van der Waals surface area (Å²) in [5.41, 5.74) is 1.90. The highest BCUT2D eigenvalue weighted by molar-refractivity contribution is 5.75. The number of aromatic nitrogens is 2. The first-order valence-electron chi connectivity index (χ1n) is 5.63. The number of urea groups is 1. The molecule has 2 amide bonds. The summed E-state index contributed by atoms with van der Waals surface area (Å²) in [6.45, 7) is 3.03. The van der Waals surface area contributed by atoms with Crippen molar-refractivity contribution in [3.63, 3.8) is 0 Å². The van der Waals surface area contributed by atoms with E-state index >= 15 is 0 Å². The van der Waals surface area contributed by atoms with Crippen molar-refractivity contribution in [2.45, 2.75) is 13.5 Å². The molecule has 0 spiro atoms. The number of para-hydroxylation sites is 2. The second-order valence-electron chi connectivity index (χ2n) is 3.87. The lowest BCUT2D eigenvalue weighted by molar-refractivity contribution is 0.210. The largest absolute Gasteiger partial charge is 0.340 e. The van der Waals surface area contributed by atoms with E-state index in [9.17, 15) is 4.79 Å². The van der Waals surface area contributed by atoms with E-state index in [1.165, 1.54) is 0 Å². The molecule has 2 N–H and O–H groups in total. The smallest absolute Gasteiger partial charge is 0.317 e. The van der Waals surface area contributed by atoms with Crippen LogP contribution in [0.2, 0.25) is 0 Å². The molecule has 90 valence electrons. The van der Waals surface area contributed by atoms with Crippen molar-refractivity contribution in [1.82, 2.24) is 20.2 Å². The summed E-state index contributed by atoms with van der Waals surface area (Å²) < 4.78 is 0. The number of nitrogens with one attached hydrogen (secondary N) is 2. The van der Waals surface area contributed by atoms with E-state index in [2.05, 4.69) is 15.3 Å².